The van der Waals surface area contributed by atoms with E-state index >= 15 is 0 Å². The zero-order chi connectivity index (χ0) is 31.1. The number of hydrogen-bond donors (Lipinski definition) is 2. The van der Waals surface area contributed by atoms with Gasteiger partial charge in [0.05, 0.1) is 13.1 Å². The molecule has 4 amide bonds. The first kappa shape index (κ1) is 30.4. The molecule has 0 spiro atoms. The Morgan fingerprint density at radius 3 is 2.43 bits per heavy atom. The number of nitrogens with one attached hydrogen (secondary N) is 1. The summed E-state index contributed by atoms with van der Waals surface area (Å²) >= 11 is 0. The van der Waals surface area contributed by atoms with E-state index in [1.54, 1.807) is 56.2 Å². The first-order valence-electron chi connectivity index (χ1n) is 14.5. The number of phenolic OH excluding ortho intramolecular Hbond substituents is 1. The van der Waals surface area contributed by atoms with Crippen molar-refractivity contribution in [2.24, 2.45) is 0 Å². The Morgan fingerprint density at radius 1 is 0.955 bits per heavy atom. The van der Waals surface area contributed by atoms with Crippen molar-refractivity contribution in [2.75, 3.05) is 26.2 Å². The van der Waals surface area contributed by atoms with Gasteiger partial charge in [-0.1, -0.05) is 73.3 Å². The lowest BCUT2D eigenvalue weighted by atomic mass is 9.98. The molecule has 0 aromatic heterocycles. The summed E-state index contributed by atoms with van der Waals surface area (Å²) in [5.41, 5.74) is 2.56. The minimum absolute atomic E-state index is 0.0800. The van der Waals surface area contributed by atoms with Crippen molar-refractivity contribution in [3.8, 4) is 11.5 Å². The van der Waals surface area contributed by atoms with Crippen LogP contribution in [-0.2, 0) is 29.1 Å². The van der Waals surface area contributed by atoms with Crippen LogP contribution in [0.15, 0.2) is 104 Å². The molecule has 0 aliphatic carbocycles. The van der Waals surface area contributed by atoms with Crippen LogP contribution in [0.1, 0.15) is 16.7 Å². The highest BCUT2D eigenvalue weighted by molar-refractivity contribution is 5.91. The molecule has 2 aliphatic rings. The topological polar surface area (TPSA) is 106 Å². The molecule has 2 aliphatic heterocycles. The highest BCUT2D eigenvalue weighted by Gasteiger charge is 2.51. The Morgan fingerprint density at radius 2 is 1.70 bits per heavy atom. The normalized spacial score (nSPS) is 18.5. The summed E-state index contributed by atoms with van der Waals surface area (Å²) in [5.74, 6) is 0.292. The Bertz CT molecular complexity index is 1500. The van der Waals surface area contributed by atoms with E-state index < -0.39 is 12.2 Å². The van der Waals surface area contributed by atoms with Gasteiger partial charge in [-0.05, 0) is 41.0 Å². The van der Waals surface area contributed by atoms with Crippen LogP contribution in [0.4, 0.5) is 4.79 Å². The molecule has 10 heteroatoms. The highest BCUT2D eigenvalue weighted by Crippen LogP contribution is 2.30. The van der Waals surface area contributed by atoms with Crippen LogP contribution in [0.5, 0.6) is 11.5 Å². The Balaban J connectivity index is 1.48. The van der Waals surface area contributed by atoms with Crippen molar-refractivity contribution in [3.63, 3.8) is 0 Å². The molecule has 228 valence electrons. The minimum atomic E-state index is -0.860. The molecule has 2 heterocycles. The number of hydrogen-bond acceptors (Lipinski definition) is 6. The maximum atomic E-state index is 14.1. The third-order valence-corrected chi connectivity index (χ3v) is 7.67. The van der Waals surface area contributed by atoms with Gasteiger partial charge in [0.25, 0.3) is 0 Å². The van der Waals surface area contributed by atoms with Crippen molar-refractivity contribution in [1.29, 1.82) is 0 Å². The first-order valence-corrected chi connectivity index (χ1v) is 14.5. The molecule has 10 nitrogen and oxygen atoms in total. The number of fused-ring (bicyclic) bond motifs is 1. The molecular weight excluding hydrogens is 558 g/mol. The van der Waals surface area contributed by atoms with Gasteiger partial charge in [0.1, 0.15) is 30.3 Å². The second kappa shape index (κ2) is 13.9. The maximum Gasteiger partial charge on any atom is 0.334 e. The number of piperazine rings is 1. The molecule has 0 saturated carbocycles. The van der Waals surface area contributed by atoms with E-state index in [-0.39, 0.29) is 56.2 Å². The van der Waals surface area contributed by atoms with Crippen molar-refractivity contribution in [2.45, 2.75) is 31.7 Å². The standard InChI is InChI=1S/C34H37N5O5/c1-3-17-37-24-32(41)38-30(20-25-13-15-28(40)16-14-25)33(42)36(22-27-11-8-12-29(19-27)44-18-4-2)23-31(38)39(37)34(43)35-21-26-9-6-5-7-10-26/h3-16,19,30-31,40H,1-2,17-18,20-24H2,(H,35,43)/t30-,31-/m0/s1. The molecule has 2 saturated heterocycles. The van der Waals surface area contributed by atoms with E-state index in [4.69, 9.17) is 4.74 Å². The second-order valence-corrected chi connectivity index (χ2v) is 10.8. The Hall–Kier alpha value is -5.09. The van der Waals surface area contributed by atoms with Crippen molar-refractivity contribution >= 4 is 17.8 Å². The van der Waals surface area contributed by atoms with Gasteiger partial charge < -0.3 is 25.0 Å². The summed E-state index contributed by atoms with van der Waals surface area (Å²) in [6.07, 6.45) is 2.78. The average molecular weight is 596 g/mol. The summed E-state index contributed by atoms with van der Waals surface area (Å²) in [6, 6.07) is 22.4. The van der Waals surface area contributed by atoms with E-state index in [1.165, 1.54) is 0 Å². The predicted molar refractivity (Wildman–Crippen MR) is 166 cm³/mol. The van der Waals surface area contributed by atoms with E-state index in [9.17, 15) is 19.5 Å². The van der Waals surface area contributed by atoms with Crippen molar-refractivity contribution in [3.05, 3.63) is 121 Å². The van der Waals surface area contributed by atoms with Gasteiger partial charge in [0, 0.05) is 26.1 Å². The summed E-state index contributed by atoms with van der Waals surface area (Å²) in [7, 11) is 0. The fraction of sp³-hybridized carbons (Fsp3) is 0.265. The number of aromatic hydroxyl groups is 1. The highest BCUT2D eigenvalue weighted by atomic mass is 16.5. The van der Waals surface area contributed by atoms with Crippen LogP contribution < -0.4 is 10.1 Å². The molecule has 3 aromatic carbocycles. The number of urea groups is 1. The van der Waals surface area contributed by atoms with Crippen molar-refractivity contribution in [1.82, 2.24) is 25.1 Å². The number of amides is 4. The molecule has 2 fully saturated rings. The minimum Gasteiger partial charge on any atom is -0.508 e. The lowest BCUT2D eigenvalue weighted by molar-refractivity contribution is -0.189. The number of ether oxygens (including phenoxy) is 1. The molecule has 5 rings (SSSR count). The number of nitrogens with zero attached hydrogens (tertiary/aromatic N) is 4. The number of phenols is 1. The third-order valence-electron chi connectivity index (χ3n) is 7.67. The quantitative estimate of drug-likeness (QED) is 0.328. The number of hydrazine groups is 1. The van der Waals surface area contributed by atoms with Gasteiger partial charge in [0.2, 0.25) is 11.8 Å². The van der Waals surface area contributed by atoms with Crippen LogP contribution >= 0.6 is 0 Å². The van der Waals surface area contributed by atoms with Crippen LogP contribution in [0, 0.1) is 0 Å². The van der Waals surface area contributed by atoms with E-state index in [2.05, 4.69) is 18.5 Å². The van der Waals surface area contributed by atoms with Gasteiger partial charge in [-0.25, -0.2) is 14.8 Å². The molecule has 2 atom stereocenters. The van der Waals surface area contributed by atoms with E-state index in [1.807, 2.05) is 54.6 Å². The number of rotatable bonds is 11. The zero-order valence-electron chi connectivity index (χ0n) is 24.5. The lowest BCUT2D eigenvalue weighted by Crippen LogP contribution is -2.76. The fourth-order valence-corrected chi connectivity index (χ4v) is 5.66. The first-order chi connectivity index (χ1) is 21.4. The van der Waals surface area contributed by atoms with Crippen LogP contribution in [0.3, 0.4) is 0 Å². The van der Waals surface area contributed by atoms with Gasteiger partial charge >= 0.3 is 6.03 Å². The summed E-state index contributed by atoms with van der Waals surface area (Å²) in [6.45, 7) is 8.74. The molecule has 2 N–H and O–H groups in total. The van der Waals surface area contributed by atoms with Crippen LogP contribution in [0.25, 0.3) is 0 Å². The molecular formula is C34H37N5O5. The molecule has 0 unspecified atom stereocenters. The van der Waals surface area contributed by atoms with Gasteiger partial charge in [-0.2, -0.15) is 0 Å². The number of carbonyl (C=O) groups excluding carboxylic acids is 3. The molecule has 0 bridgehead atoms. The molecule has 44 heavy (non-hydrogen) atoms. The SMILES string of the molecule is C=CCOc1cccc(CN2C[C@H]3N(C(=O)CN(CC=C)N3C(=O)NCc3ccccc3)[C@@H](Cc3ccc(O)cc3)C2=O)c1. The van der Waals surface area contributed by atoms with Gasteiger partial charge in [-0.3, -0.25) is 9.59 Å². The van der Waals surface area contributed by atoms with Crippen molar-refractivity contribution < 1.29 is 24.2 Å². The summed E-state index contributed by atoms with van der Waals surface area (Å²) in [4.78, 5) is 45.0. The number of benzene rings is 3. The maximum absolute atomic E-state index is 14.1. The predicted octanol–water partition coefficient (Wildman–Crippen LogP) is 3.69. The Kier molecular flexibility index (Phi) is 9.61. The zero-order valence-corrected chi connectivity index (χ0v) is 24.5. The average Bonchev–Trinajstić information content (AvgIpc) is 3.02. The largest absolute Gasteiger partial charge is 0.508 e. The van der Waals surface area contributed by atoms with E-state index in [0.29, 0.717) is 18.9 Å². The van der Waals surface area contributed by atoms with Gasteiger partial charge in [-0.15, -0.1) is 6.58 Å². The van der Waals surface area contributed by atoms with Gasteiger partial charge in [0.15, 0.2) is 0 Å². The summed E-state index contributed by atoms with van der Waals surface area (Å²) in [5, 5.41) is 16.0. The van der Waals surface area contributed by atoms with Crippen LogP contribution in [-0.4, -0.2) is 81.2 Å². The second-order valence-electron chi connectivity index (χ2n) is 10.8. The smallest absolute Gasteiger partial charge is 0.334 e. The van der Waals surface area contributed by atoms with E-state index in [0.717, 1.165) is 16.7 Å². The molecule has 3 aromatic rings. The lowest BCUT2D eigenvalue weighted by Gasteiger charge is -2.55. The number of carbonyl (C=O) groups is 3. The third kappa shape index (κ3) is 6.92. The monoisotopic (exact) mass is 595 g/mol. The summed E-state index contributed by atoms with van der Waals surface area (Å²) < 4.78 is 5.70. The fourth-order valence-electron chi connectivity index (χ4n) is 5.66. The Labute approximate surface area is 257 Å². The molecule has 0 radical (unpaired) electrons. The van der Waals surface area contributed by atoms with Crippen LogP contribution in [0.2, 0.25) is 0 Å².